The molecular formula is C20H34O. The third kappa shape index (κ3) is 2.22. The van der Waals surface area contributed by atoms with E-state index in [4.69, 9.17) is 4.74 Å². The Balaban J connectivity index is 1.94. The predicted molar refractivity (Wildman–Crippen MR) is 89.3 cm³/mol. The van der Waals surface area contributed by atoms with Crippen LogP contribution in [0.5, 0.6) is 0 Å². The normalized spacial score (nSPS) is 52.6. The lowest BCUT2D eigenvalue weighted by Crippen LogP contribution is -2.62. The highest BCUT2D eigenvalue weighted by Gasteiger charge is 2.61. The van der Waals surface area contributed by atoms with Gasteiger partial charge in [0.25, 0.3) is 0 Å². The molecule has 2 saturated carbocycles. The molecule has 0 amide bonds. The maximum atomic E-state index is 6.68. The van der Waals surface area contributed by atoms with Gasteiger partial charge in [-0.2, -0.15) is 0 Å². The minimum atomic E-state index is -0.112. The zero-order valence-electron chi connectivity index (χ0n) is 14.8. The first-order valence-corrected chi connectivity index (χ1v) is 8.99. The lowest BCUT2D eigenvalue weighted by atomic mass is 9.44. The third-order valence-corrected chi connectivity index (χ3v) is 7.57. The first-order chi connectivity index (χ1) is 9.65. The smallest absolute Gasteiger partial charge is 0.0839 e. The molecule has 1 nitrogen and oxygen atoms in total. The highest BCUT2D eigenvalue weighted by atomic mass is 16.5. The summed E-state index contributed by atoms with van der Waals surface area (Å²) in [4.78, 5) is 0. The van der Waals surface area contributed by atoms with Gasteiger partial charge in [0.15, 0.2) is 0 Å². The van der Waals surface area contributed by atoms with E-state index in [1.54, 1.807) is 0 Å². The lowest BCUT2D eigenvalue weighted by molar-refractivity contribution is -0.252. The van der Waals surface area contributed by atoms with E-state index in [2.05, 4.69) is 41.2 Å². The largest absolute Gasteiger partial charge is 0.365 e. The van der Waals surface area contributed by atoms with Crippen LogP contribution in [0.1, 0.15) is 79.6 Å². The van der Waals surface area contributed by atoms with Crippen molar-refractivity contribution >= 4 is 0 Å². The summed E-state index contributed by atoms with van der Waals surface area (Å²) in [6, 6.07) is 0. The molecule has 1 saturated heterocycles. The molecule has 1 aliphatic heterocycles. The Morgan fingerprint density at radius 3 is 2.24 bits per heavy atom. The second-order valence-electron chi connectivity index (χ2n) is 9.46. The average molecular weight is 290 g/mol. The van der Waals surface area contributed by atoms with E-state index < -0.39 is 0 Å². The van der Waals surface area contributed by atoms with Gasteiger partial charge in [-0.05, 0) is 75.0 Å². The van der Waals surface area contributed by atoms with Gasteiger partial charge in [0.05, 0.1) is 11.2 Å². The van der Waals surface area contributed by atoms with Crippen LogP contribution in [0.3, 0.4) is 0 Å². The zero-order chi connectivity index (χ0) is 15.5. The molecule has 120 valence electrons. The molecule has 0 aromatic heterocycles. The quantitative estimate of drug-likeness (QED) is 0.559. The number of fused-ring (bicyclic) bond motifs is 3. The number of hydrogen-bond acceptors (Lipinski definition) is 1. The van der Waals surface area contributed by atoms with Gasteiger partial charge in [-0.15, -0.1) is 6.58 Å². The highest BCUT2D eigenvalue weighted by Crippen LogP contribution is 2.65. The molecule has 2 unspecified atom stereocenters. The van der Waals surface area contributed by atoms with E-state index in [0.717, 1.165) is 18.3 Å². The molecule has 2 aliphatic carbocycles. The van der Waals surface area contributed by atoms with Crippen molar-refractivity contribution in [2.24, 2.45) is 22.7 Å². The summed E-state index contributed by atoms with van der Waals surface area (Å²) in [7, 11) is 0. The van der Waals surface area contributed by atoms with E-state index in [1.165, 1.54) is 38.5 Å². The Hall–Kier alpha value is -0.300. The van der Waals surface area contributed by atoms with Gasteiger partial charge in [0.1, 0.15) is 0 Å². The van der Waals surface area contributed by atoms with Gasteiger partial charge in [-0.3, -0.25) is 0 Å². The molecule has 0 spiro atoms. The lowest BCUT2D eigenvalue weighted by Gasteiger charge is -2.65. The van der Waals surface area contributed by atoms with Crippen molar-refractivity contribution in [3.05, 3.63) is 12.7 Å². The fourth-order valence-corrected chi connectivity index (χ4v) is 6.52. The van der Waals surface area contributed by atoms with Crippen LogP contribution in [0.25, 0.3) is 0 Å². The minimum Gasteiger partial charge on any atom is -0.365 e. The summed E-state index contributed by atoms with van der Waals surface area (Å²) in [6.07, 6.45) is 11.2. The molecule has 0 N–H and O–H groups in total. The summed E-state index contributed by atoms with van der Waals surface area (Å²) >= 11 is 0. The Labute approximate surface area is 131 Å². The van der Waals surface area contributed by atoms with Gasteiger partial charge in [0.2, 0.25) is 0 Å². The van der Waals surface area contributed by atoms with Crippen molar-refractivity contribution in [2.75, 3.05) is 0 Å². The van der Waals surface area contributed by atoms with Gasteiger partial charge in [-0.1, -0.05) is 33.3 Å². The average Bonchev–Trinajstić information content (AvgIpc) is 2.36. The molecule has 21 heavy (non-hydrogen) atoms. The Kier molecular flexibility index (Phi) is 3.41. The molecule has 0 radical (unpaired) electrons. The van der Waals surface area contributed by atoms with Crippen molar-refractivity contribution in [2.45, 2.75) is 90.8 Å². The molecule has 3 fully saturated rings. The number of ether oxygens (including phenoxy) is 1. The van der Waals surface area contributed by atoms with Crippen LogP contribution in [0.2, 0.25) is 0 Å². The maximum absolute atomic E-state index is 6.68. The summed E-state index contributed by atoms with van der Waals surface area (Å²) in [5.74, 6) is 1.59. The zero-order valence-corrected chi connectivity index (χ0v) is 14.8. The van der Waals surface area contributed by atoms with Crippen molar-refractivity contribution < 1.29 is 4.74 Å². The van der Waals surface area contributed by atoms with Gasteiger partial charge < -0.3 is 4.74 Å². The minimum absolute atomic E-state index is 0.0554. The van der Waals surface area contributed by atoms with E-state index in [-0.39, 0.29) is 11.2 Å². The first-order valence-electron chi connectivity index (χ1n) is 8.99. The third-order valence-electron chi connectivity index (χ3n) is 7.57. The number of hydrogen-bond donors (Lipinski definition) is 0. The molecule has 0 bridgehead atoms. The van der Waals surface area contributed by atoms with Crippen LogP contribution in [0.15, 0.2) is 12.7 Å². The molecule has 3 aliphatic rings. The van der Waals surface area contributed by atoms with Crippen LogP contribution < -0.4 is 0 Å². The van der Waals surface area contributed by atoms with E-state index in [9.17, 15) is 0 Å². The molecule has 0 aromatic rings. The van der Waals surface area contributed by atoms with Gasteiger partial charge >= 0.3 is 0 Å². The van der Waals surface area contributed by atoms with Crippen LogP contribution >= 0.6 is 0 Å². The summed E-state index contributed by atoms with van der Waals surface area (Å²) < 4.78 is 6.68. The van der Waals surface area contributed by atoms with Crippen molar-refractivity contribution in [3.63, 3.8) is 0 Å². The highest BCUT2D eigenvalue weighted by molar-refractivity contribution is 5.12. The summed E-state index contributed by atoms with van der Waals surface area (Å²) in [6.45, 7) is 16.2. The van der Waals surface area contributed by atoms with E-state index in [1.807, 2.05) is 6.08 Å². The molecule has 1 heterocycles. The fraction of sp³-hybridized carbons (Fsp3) is 0.900. The van der Waals surface area contributed by atoms with Crippen LogP contribution in [0.4, 0.5) is 0 Å². The SMILES string of the molecule is C=C[C@@]1(C)CCC2[C@@]3(C)CCCC(C)(C)C3CC[C@@]2(C)O1. The van der Waals surface area contributed by atoms with Crippen molar-refractivity contribution in [1.29, 1.82) is 0 Å². The Bertz CT molecular complexity index is 439. The number of rotatable bonds is 1. The second kappa shape index (κ2) is 4.60. The predicted octanol–water partition coefficient (Wildman–Crippen LogP) is 5.74. The summed E-state index contributed by atoms with van der Waals surface area (Å²) in [5.41, 5.74) is 0.920. The first kappa shape index (κ1) is 15.6. The van der Waals surface area contributed by atoms with Crippen molar-refractivity contribution in [3.8, 4) is 0 Å². The Morgan fingerprint density at radius 1 is 0.905 bits per heavy atom. The molecule has 3 rings (SSSR count). The molecule has 0 aromatic carbocycles. The Morgan fingerprint density at radius 2 is 1.57 bits per heavy atom. The molecule has 1 heteroatoms. The van der Waals surface area contributed by atoms with Gasteiger partial charge in [-0.25, -0.2) is 0 Å². The molecule has 5 atom stereocenters. The van der Waals surface area contributed by atoms with E-state index >= 15 is 0 Å². The fourth-order valence-electron chi connectivity index (χ4n) is 6.52. The monoisotopic (exact) mass is 290 g/mol. The van der Waals surface area contributed by atoms with Crippen LogP contribution in [-0.4, -0.2) is 11.2 Å². The molecular weight excluding hydrogens is 256 g/mol. The van der Waals surface area contributed by atoms with Crippen LogP contribution in [0, 0.1) is 22.7 Å². The second-order valence-corrected chi connectivity index (χ2v) is 9.46. The summed E-state index contributed by atoms with van der Waals surface area (Å²) in [5, 5.41) is 0. The van der Waals surface area contributed by atoms with E-state index in [0.29, 0.717) is 10.8 Å². The van der Waals surface area contributed by atoms with Gasteiger partial charge in [0, 0.05) is 0 Å². The standard InChI is InChI=1S/C20H34O/c1-7-18(4)13-9-16-19(5)12-8-11-17(2,3)15(19)10-14-20(16,6)21-18/h7,15-16H,1,8-14H2,2-6H3/t15?,16?,18-,19-,20+/m0/s1. The van der Waals surface area contributed by atoms with Crippen LogP contribution in [-0.2, 0) is 4.74 Å². The maximum Gasteiger partial charge on any atom is 0.0839 e. The van der Waals surface area contributed by atoms with Crippen molar-refractivity contribution in [1.82, 2.24) is 0 Å². The topological polar surface area (TPSA) is 9.23 Å².